The van der Waals surface area contributed by atoms with Crippen LogP contribution in [0.25, 0.3) is 0 Å². The minimum atomic E-state index is -0.909. The zero-order valence-electron chi connectivity index (χ0n) is 8.24. The van der Waals surface area contributed by atoms with Gasteiger partial charge in [0.2, 0.25) is 0 Å². The van der Waals surface area contributed by atoms with E-state index in [0.717, 1.165) is 8.57 Å². The Morgan fingerprint density at radius 1 is 1.57 bits per heavy atom. The number of carboxylic acid groups (broad SMARTS) is 1. The summed E-state index contributed by atoms with van der Waals surface area (Å²) < 4.78 is 1.000. The van der Waals surface area contributed by atoms with Gasteiger partial charge in [0, 0.05) is 5.54 Å². The normalized spacial score (nSPS) is 11.4. The summed E-state index contributed by atoms with van der Waals surface area (Å²) >= 11 is 3.71. The van der Waals surface area contributed by atoms with Crippen LogP contribution in [0.2, 0.25) is 0 Å². The molecule has 1 heterocycles. The third-order valence-electron chi connectivity index (χ3n) is 1.70. The fraction of sp³-hybridized carbons (Fsp3) is 0.444. The lowest BCUT2D eigenvalue weighted by Gasteiger charge is -2.32. The predicted molar refractivity (Wildman–Crippen MR) is 67.3 cm³/mol. The van der Waals surface area contributed by atoms with Crippen molar-refractivity contribution in [1.82, 2.24) is 0 Å². The predicted octanol–water partition coefficient (Wildman–Crippen LogP) is 3.64. The van der Waals surface area contributed by atoms with Crippen molar-refractivity contribution in [2.24, 2.45) is 0 Å². The zero-order valence-corrected chi connectivity index (χ0v) is 11.2. The molecule has 1 N–H and O–H groups in total. The van der Waals surface area contributed by atoms with Crippen LogP contribution in [0.15, 0.2) is 11.4 Å². The van der Waals surface area contributed by atoms with Gasteiger partial charge in [-0.1, -0.05) is 0 Å². The van der Waals surface area contributed by atoms with Crippen LogP contribution in [0.1, 0.15) is 20.8 Å². The summed E-state index contributed by atoms with van der Waals surface area (Å²) in [5, 5.41) is 11.0. The molecule has 0 radical (unpaired) electrons. The molecule has 1 aromatic heterocycles. The standard InChI is InChI=1S/C9H12INO2S/c1-9(2,3)11(8(12)13)6-4-5-14-7(6)10/h4-5H,1-3H3,(H,12,13). The van der Waals surface area contributed by atoms with E-state index in [0.29, 0.717) is 0 Å². The Hall–Kier alpha value is -0.300. The van der Waals surface area contributed by atoms with Crippen LogP contribution in [-0.2, 0) is 0 Å². The van der Waals surface area contributed by atoms with Crippen molar-refractivity contribution in [2.45, 2.75) is 26.3 Å². The second kappa shape index (κ2) is 4.06. The molecule has 3 nitrogen and oxygen atoms in total. The smallest absolute Gasteiger partial charge is 0.412 e. The van der Waals surface area contributed by atoms with E-state index in [1.54, 1.807) is 11.3 Å². The Morgan fingerprint density at radius 2 is 2.14 bits per heavy atom. The highest BCUT2D eigenvalue weighted by Gasteiger charge is 2.29. The van der Waals surface area contributed by atoms with Gasteiger partial charge in [-0.05, 0) is 54.8 Å². The molecule has 0 fully saturated rings. The molecule has 0 spiro atoms. The maximum absolute atomic E-state index is 11.1. The molecule has 0 aliphatic rings. The van der Waals surface area contributed by atoms with Crippen molar-refractivity contribution in [3.8, 4) is 0 Å². The molecular weight excluding hydrogens is 313 g/mol. The number of carbonyl (C=O) groups is 1. The Labute approximate surface area is 101 Å². The lowest BCUT2D eigenvalue weighted by Crippen LogP contribution is -2.45. The van der Waals surface area contributed by atoms with Crippen molar-refractivity contribution >= 4 is 45.7 Å². The fourth-order valence-corrected chi connectivity index (χ4v) is 2.66. The molecular formula is C9H12INO2S. The number of rotatable bonds is 1. The molecule has 0 saturated heterocycles. The van der Waals surface area contributed by atoms with Gasteiger partial charge in [0.15, 0.2) is 0 Å². The molecule has 78 valence electrons. The second-order valence-corrected chi connectivity index (χ2v) is 6.60. The van der Waals surface area contributed by atoms with E-state index in [1.807, 2.05) is 32.2 Å². The first kappa shape index (κ1) is 11.8. The van der Waals surface area contributed by atoms with Crippen molar-refractivity contribution in [1.29, 1.82) is 0 Å². The molecule has 1 aromatic rings. The largest absolute Gasteiger partial charge is 0.465 e. The molecule has 1 rings (SSSR count). The van der Waals surface area contributed by atoms with Crippen LogP contribution in [0.3, 0.4) is 0 Å². The number of halogens is 1. The molecule has 0 aliphatic heterocycles. The van der Waals surface area contributed by atoms with Crippen LogP contribution in [0.4, 0.5) is 10.5 Å². The average Bonchev–Trinajstić information content (AvgIpc) is 2.32. The Morgan fingerprint density at radius 3 is 2.43 bits per heavy atom. The van der Waals surface area contributed by atoms with Crippen molar-refractivity contribution in [3.63, 3.8) is 0 Å². The number of nitrogens with zero attached hydrogens (tertiary/aromatic N) is 1. The highest BCUT2D eigenvalue weighted by Crippen LogP contribution is 2.32. The van der Waals surface area contributed by atoms with Crippen LogP contribution in [0, 0.1) is 2.88 Å². The zero-order chi connectivity index (χ0) is 10.9. The van der Waals surface area contributed by atoms with Gasteiger partial charge in [0.25, 0.3) is 0 Å². The van der Waals surface area contributed by atoms with Crippen molar-refractivity contribution in [3.05, 3.63) is 14.3 Å². The Bertz CT molecular complexity index is 343. The van der Waals surface area contributed by atoms with Crippen LogP contribution in [-0.4, -0.2) is 16.7 Å². The first-order chi connectivity index (χ1) is 6.34. The number of thiophene rings is 1. The Kier molecular flexibility index (Phi) is 3.41. The second-order valence-electron chi connectivity index (χ2n) is 3.87. The Balaban J connectivity index is 3.14. The van der Waals surface area contributed by atoms with Crippen LogP contribution in [0.5, 0.6) is 0 Å². The maximum atomic E-state index is 11.1. The molecule has 0 aliphatic carbocycles. The van der Waals surface area contributed by atoms with E-state index >= 15 is 0 Å². The van der Waals surface area contributed by atoms with Crippen LogP contribution < -0.4 is 4.90 Å². The third kappa shape index (κ3) is 2.38. The van der Waals surface area contributed by atoms with E-state index in [2.05, 4.69) is 22.6 Å². The molecule has 0 saturated carbocycles. The third-order valence-corrected chi connectivity index (χ3v) is 3.71. The summed E-state index contributed by atoms with van der Waals surface area (Å²) in [7, 11) is 0. The van der Waals surface area contributed by atoms with E-state index in [9.17, 15) is 4.79 Å². The van der Waals surface area contributed by atoms with E-state index in [1.165, 1.54) is 4.90 Å². The quantitative estimate of drug-likeness (QED) is 0.801. The maximum Gasteiger partial charge on any atom is 0.412 e. The average molecular weight is 325 g/mol. The van der Waals surface area contributed by atoms with Crippen LogP contribution >= 0.6 is 33.9 Å². The van der Waals surface area contributed by atoms with E-state index in [-0.39, 0.29) is 0 Å². The molecule has 14 heavy (non-hydrogen) atoms. The van der Waals surface area contributed by atoms with E-state index < -0.39 is 11.6 Å². The highest BCUT2D eigenvalue weighted by molar-refractivity contribution is 14.1. The van der Waals surface area contributed by atoms with Crippen molar-refractivity contribution in [2.75, 3.05) is 4.90 Å². The number of amides is 1. The fourth-order valence-electron chi connectivity index (χ4n) is 1.20. The lowest BCUT2D eigenvalue weighted by molar-refractivity contribution is 0.195. The van der Waals surface area contributed by atoms with Gasteiger partial charge in [-0.25, -0.2) is 4.79 Å². The van der Waals surface area contributed by atoms with Gasteiger partial charge < -0.3 is 5.11 Å². The minimum absolute atomic E-state index is 0.410. The van der Waals surface area contributed by atoms with Gasteiger partial charge >= 0.3 is 6.09 Å². The monoisotopic (exact) mass is 325 g/mol. The summed E-state index contributed by atoms with van der Waals surface area (Å²) in [6.45, 7) is 5.65. The van der Waals surface area contributed by atoms with Gasteiger partial charge in [-0.2, -0.15) is 0 Å². The number of hydrogen-bond donors (Lipinski definition) is 1. The van der Waals surface area contributed by atoms with E-state index in [4.69, 9.17) is 5.11 Å². The summed E-state index contributed by atoms with van der Waals surface area (Å²) in [4.78, 5) is 12.5. The summed E-state index contributed by atoms with van der Waals surface area (Å²) in [6.07, 6.45) is -0.909. The summed E-state index contributed by atoms with van der Waals surface area (Å²) in [5.74, 6) is 0. The summed E-state index contributed by atoms with van der Waals surface area (Å²) in [6, 6.07) is 1.84. The molecule has 0 bridgehead atoms. The highest BCUT2D eigenvalue weighted by atomic mass is 127. The molecule has 1 amide bonds. The van der Waals surface area contributed by atoms with Gasteiger partial charge in [0.1, 0.15) is 0 Å². The molecule has 0 aromatic carbocycles. The molecule has 0 unspecified atom stereocenters. The van der Waals surface area contributed by atoms with Crippen molar-refractivity contribution < 1.29 is 9.90 Å². The first-order valence-electron chi connectivity index (χ1n) is 4.10. The minimum Gasteiger partial charge on any atom is -0.465 e. The molecule has 5 heteroatoms. The number of hydrogen-bond acceptors (Lipinski definition) is 2. The topological polar surface area (TPSA) is 40.5 Å². The lowest BCUT2D eigenvalue weighted by atomic mass is 10.1. The molecule has 0 atom stereocenters. The summed E-state index contributed by atoms with van der Waals surface area (Å²) in [5.41, 5.74) is 0.364. The first-order valence-corrected chi connectivity index (χ1v) is 6.06. The number of anilines is 1. The van der Waals surface area contributed by atoms with Gasteiger partial charge in [-0.3, -0.25) is 4.90 Å². The van der Waals surface area contributed by atoms with Gasteiger partial charge in [0.05, 0.1) is 8.57 Å². The van der Waals surface area contributed by atoms with Gasteiger partial charge in [-0.15, -0.1) is 11.3 Å². The SMILES string of the molecule is CC(C)(C)N(C(=O)O)c1ccsc1I.